The average molecular weight is 578 g/mol. The van der Waals surface area contributed by atoms with E-state index < -0.39 is 17.0 Å². The SMILES string of the molecule is O=c1c2ccccc2sc2cc3c(cc12)-c1ccccc1C31c2ccccc2N(c2cc(F)ccc2F)c2ccccc21. The average Bonchev–Trinajstić information content (AvgIpc) is 3.32. The van der Waals surface area contributed by atoms with Gasteiger partial charge in [0.05, 0.1) is 22.5 Å². The van der Waals surface area contributed by atoms with Crippen LogP contribution in [-0.4, -0.2) is 0 Å². The molecule has 1 aliphatic heterocycles. The highest BCUT2D eigenvalue weighted by Gasteiger charge is 2.52. The predicted molar refractivity (Wildman–Crippen MR) is 171 cm³/mol. The van der Waals surface area contributed by atoms with Crippen molar-refractivity contribution in [1.82, 2.24) is 0 Å². The topological polar surface area (TPSA) is 20.3 Å². The molecule has 9 rings (SSSR count). The molecule has 0 N–H and O–H groups in total. The first-order valence-corrected chi connectivity index (χ1v) is 14.9. The van der Waals surface area contributed by atoms with Gasteiger partial charge in [0, 0.05) is 26.2 Å². The maximum absolute atomic E-state index is 15.5. The van der Waals surface area contributed by atoms with Gasteiger partial charge in [-0.25, -0.2) is 8.78 Å². The Balaban J connectivity index is 1.45. The number of fused-ring (bicyclic) bond motifs is 11. The first-order valence-electron chi connectivity index (χ1n) is 14.1. The van der Waals surface area contributed by atoms with Crippen molar-refractivity contribution in [3.05, 3.63) is 172 Å². The third kappa shape index (κ3) is 3.12. The van der Waals surface area contributed by atoms with Gasteiger partial charge in [-0.05, 0) is 81.9 Å². The van der Waals surface area contributed by atoms with Crippen LogP contribution in [0.1, 0.15) is 22.3 Å². The Labute approximate surface area is 249 Å². The van der Waals surface area contributed by atoms with Crippen LogP contribution in [0.15, 0.2) is 132 Å². The fourth-order valence-corrected chi connectivity index (χ4v) is 8.41. The van der Waals surface area contributed by atoms with E-state index in [1.165, 1.54) is 12.1 Å². The minimum Gasteiger partial charge on any atom is -0.307 e. The standard InChI is InChI=1S/C38H21F2NOS/c39-22-17-18-31(40)34(19-22)41-32-14-6-4-12-28(32)38(29-13-5-7-15-33(29)41)27-11-3-1-9-23(27)25-20-26-36(21-30(25)38)43-35-16-8-2-10-24(35)37(26)42/h1-21H. The zero-order valence-corrected chi connectivity index (χ0v) is 23.5. The normalized spacial score (nSPS) is 14.0. The molecular weight excluding hydrogens is 556 g/mol. The Bertz CT molecular complexity index is 2330. The van der Waals surface area contributed by atoms with Gasteiger partial charge in [0.2, 0.25) is 0 Å². The number of para-hydroxylation sites is 2. The molecule has 7 aromatic rings. The fourth-order valence-electron chi connectivity index (χ4n) is 7.32. The third-order valence-electron chi connectivity index (χ3n) is 8.99. The van der Waals surface area contributed by atoms with E-state index in [4.69, 9.17) is 0 Å². The number of hydrogen-bond acceptors (Lipinski definition) is 3. The van der Waals surface area contributed by atoms with Crippen molar-refractivity contribution in [3.8, 4) is 11.1 Å². The van der Waals surface area contributed by atoms with Gasteiger partial charge >= 0.3 is 0 Å². The zero-order chi connectivity index (χ0) is 28.9. The van der Waals surface area contributed by atoms with E-state index in [0.717, 1.165) is 65.6 Å². The lowest BCUT2D eigenvalue weighted by molar-refractivity contribution is 0.600. The second-order valence-corrected chi connectivity index (χ2v) is 12.2. The van der Waals surface area contributed by atoms with E-state index in [1.54, 1.807) is 11.3 Å². The van der Waals surface area contributed by atoms with Gasteiger partial charge in [0.1, 0.15) is 11.6 Å². The van der Waals surface area contributed by atoms with E-state index in [2.05, 4.69) is 36.4 Å². The van der Waals surface area contributed by atoms with Gasteiger partial charge in [0.25, 0.3) is 0 Å². The van der Waals surface area contributed by atoms with Crippen LogP contribution in [0.3, 0.4) is 0 Å². The Morgan fingerprint density at radius 3 is 1.95 bits per heavy atom. The summed E-state index contributed by atoms with van der Waals surface area (Å²) in [4.78, 5) is 15.6. The van der Waals surface area contributed by atoms with Gasteiger partial charge in [-0.3, -0.25) is 4.79 Å². The van der Waals surface area contributed by atoms with Crippen LogP contribution in [0.5, 0.6) is 0 Å². The van der Waals surface area contributed by atoms with E-state index in [-0.39, 0.29) is 11.1 Å². The Hall–Kier alpha value is -5.13. The lowest BCUT2D eigenvalue weighted by atomic mass is 9.64. The summed E-state index contributed by atoms with van der Waals surface area (Å²) in [6.45, 7) is 0. The number of rotatable bonds is 1. The minimum absolute atomic E-state index is 0.0304. The molecule has 0 fully saturated rings. The Morgan fingerprint density at radius 1 is 0.535 bits per heavy atom. The summed E-state index contributed by atoms with van der Waals surface area (Å²) in [5.41, 5.74) is 7.19. The summed E-state index contributed by atoms with van der Waals surface area (Å²) in [7, 11) is 0. The van der Waals surface area contributed by atoms with Gasteiger partial charge in [-0.2, -0.15) is 0 Å². The molecule has 1 aromatic heterocycles. The van der Waals surface area contributed by atoms with E-state index >= 15 is 4.39 Å². The quantitative estimate of drug-likeness (QED) is 0.181. The van der Waals surface area contributed by atoms with Crippen LogP contribution in [0.2, 0.25) is 0 Å². The van der Waals surface area contributed by atoms with Gasteiger partial charge in [-0.15, -0.1) is 11.3 Å². The molecule has 1 aliphatic carbocycles. The highest BCUT2D eigenvalue weighted by molar-refractivity contribution is 7.24. The van der Waals surface area contributed by atoms with Crippen LogP contribution < -0.4 is 10.3 Å². The van der Waals surface area contributed by atoms with Crippen molar-refractivity contribution >= 4 is 48.6 Å². The molecule has 0 saturated carbocycles. The van der Waals surface area contributed by atoms with Crippen molar-refractivity contribution in [2.24, 2.45) is 0 Å². The van der Waals surface area contributed by atoms with E-state index in [1.807, 2.05) is 77.7 Å². The molecule has 204 valence electrons. The van der Waals surface area contributed by atoms with Gasteiger partial charge in [0.15, 0.2) is 5.43 Å². The summed E-state index contributed by atoms with van der Waals surface area (Å²) in [6, 6.07) is 40.0. The molecule has 0 bridgehead atoms. The lowest BCUT2D eigenvalue weighted by Crippen LogP contribution is -2.36. The van der Waals surface area contributed by atoms with Crippen molar-refractivity contribution in [1.29, 1.82) is 0 Å². The highest BCUT2D eigenvalue weighted by atomic mass is 32.1. The largest absolute Gasteiger partial charge is 0.307 e. The summed E-state index contributed by atoms with van der Waals surface area (Å²) < 4.78 is 32.0. The van der Waals surface area contributed by atoms with Crippen LogP contribution in [-0.2, 0) is 5.41 Å². The van der Waals surface area contributed by atoms with Crippen LogP contribution in [0.25, 0.3) is 31.3 Å². The summed E-state index contributed by atoms with van der Waals surface area (Å²) in [5, 5.41) is 1.43. The summed E-state index contributed by atoms with van der Waals surface area (Å²) >= 11 is 1.62. The molecule has 0 amide bonds. The van der Waals surface area contributed by atoms with Crippen molar-refractivity contribution in [2.45, 2.75) is 5.41 Å². The number of nitrogens with zero attached hydrogens (tertiary/aromatic N) is 1. The maximum Gasteiger partial charge on any atom is 0.195 e. The molecule has 6 aromatic carbocycles. The van der Waals surface area contributed by atoms with Gasteiger partial charge in [-0.1, -0.05) is 72.8 Å². The molecular formula is C38H21F2NOS. The fraction of sp³-hybridized carbons (Fsp3) is 0.0263. The van der Waals surface area contributed by atoms with E-state index in [9.17, 15) is 9.18 Å². The van der Waals surface area contributed by atoms with Crippen molar-refractivity contribution in [2.75, 3.05) is 4.90 Å². The van der Waals surface area contributed by atoms with Crippen molar-refractivity contribution < 1.29 is 8.78 Å². The molecule has 2 heterocycles. The van der Waals surface area contributed by atoms with Crippen LogP contribution >= 0.6 is 11.3 Å². The number of benzene rings is 6. The minimum atomic E-state index is -0.741. The molecule has 2 aliphatic rings. The number of hydrogen-bond donors (Lipinski definition) is 0. The van der Waals surface area contributed by atoms with E-state index in [0.29, 0.717) is 5.39 Å². The molecule has 0 radical (unpaired) electrons. The predicted octanol–water partition coefficient (Wildman–Crippen LogP) is 9.84. The third-order valence-corrected chi connectivity index (χ3v) is 10.1. The van der Waals surface area contributed by atoms with Crippen LogP contribution in [0.4, 0.5) is 25.8 Å². The molecule has 43 heavy (non-hydrogen) atoms. The Morgan fingerprint density at radius 2 is 1.19 bits per heavy atom. The number of halogens is 2. The molecule has 5 heteroatoms. The molecule has 0 unspecified atom stereocenters. The zero-order valence-electron chi connectivity index (χ0n) is 22.6. The lowest BCUT2D eigenvalue weighted by Gasteiger charge is -2.45. The monoisotopic (exact) mass is 577 g/mol. The first kappa shape index (κ1) is 24.5. The second-order valence-electron chi connectivity index (χ2n) is 11.1. The first-order chi connectivity index (χ1) is 21.1. The Kier molecular flexibility index (Phi) is 4.95. The second kappa shape index (κ2) is 8.69. The highest BCUT2D eigenvalue weighted by Crippen LogP contribution is 2.63. The summed E-state index contributed by atoms with van der Waals surface area (Å²) in [6.07, 6.45) is 0. The number of anilines is 3. The van der Waals surface area contributed by atoms with Gasteiger partial charge < -0.3 is 4.90 Å². The smallest absolute Gasteiger partial charge is 0.195 e. The van der Waals surface area contributed by atoms with Crippen LogP contribution in [0, 0.1) is 11.6 Å². The maximum atomic E-state index is 15.5. The summed E-state index contributed by atoms with van der Waals surface area (Å²) in [5.74, 6) is -1.01. The molecule has 0 saturated heterocycles. The van der Waals surface area contributed by atoms with Crippen molar-refractivity contribution in [3.63, 3.8) is 0 Å². The molecule has 0 atom stereocenters. The molecule has 1 spiro atoms. The molecule has 2 nitrogen and oxygen atoms in total.